The highest BCUT2D eigenvalue weighted by molar-refractivity contribution is 5.72. The number of piperidine rings is 3. The van der Waals surface area contributed by atoms with Gasteiger partial charge in [0, 0.05) is 119 Å². The van der Waals surface area contributed by atoms with Crippen molar-refractivity contribution >= 4 is 45.0 Å². The molecule has 2 aromatic carbocycles. The van der Waals surface area contributed by atoms with Gasteiger partial charge in [-0.1, -0.05) is 26.0 Å². The molecule has 29 heteroatoms. The highest BCUT2D eigenvalue weighted by Gasteiger charge is 2.32. The van der Waals surface area contributed by atoms with Crippen molar-refractivity contribution in [1.82, 2.24) is 86.8 Å². The molecule has 0 amide bonds. The summed E-state index contributed by atoms with van der Waals surface area (Å²) in [6.07, 6.45) is 21.6. The molecular weight excluding hydrogens is 1570 g/mol. The number of rotatable bonds is 18. The van der Waals surface area contributed by atoms with Gasteiger partial charge in [0.2, 0.25) is 0 Å². The van der Waals surface area contributed by atoms with Crippen LogP contribution in [0, 0.1) is 34.6 Å². The zero-order valence-corrected chi connectivity index (χ0v) is 73.4. The van der Waals surface area contributed by atoms with Crippen LogP contribution in [0.3, 0.4) is 0 Å². The predicted octanol–water partition coefficient (Wildman–Crippen LogP) is 12.2. The Balaban J connectivity index is 0.000000122. The number of nitrogens with one attached hydrogen (secondary N) is 1. The summed E-state index contributed by atoms with van der Waals surface area (Å²) in [5.41, 5.74) is 19.9. The summed E-state index contributed by atoms with van der Waals surface area (Å²) < 4.78 is 36.9. The van der Waals surface area contributed by atoms with Gasteiger partial charge in [-0.2, -0.15) is 10.2 Å². The number of ether oxygens (including phenoxy) is 5. The van der Waals surface area contributed by atoms with Gasteiger partial charge in [0.15, 0.2) is 23.0 Å². The van der Waals surface area contributed by atoms with Gasteiger partial charge in [-0.3, -0.25) is 51.6 Å². The lowest BCUT2D eigenvalue weighted by Crippen LogP contribution is -2.50. The molecule has 0 unspecified atom stereocenters. The molecule has 17 heterocycles. The number of fused-ring (bicyclic) bond motifs is 7. The van der Waals surface area contributed by atoms with Crippen molar-refractivity contribution in [3.8, 4) is 68.3 Å². The van der Waals surface area contributed by atoms with Crippen LogP contribution in [0.25, 0.3) is 78.9 Å². The molecule has 12 aromatic heterocycles. The zero-order valence-electron chi connectivity index (χ0n) is 73.4. The first kappa shape index (κ1) is 85.3. The summed E-state index contributed by atoms with van der Waals surface area (Å²) >= 11 is 0. The molecule has 5 aliphatic rings. The minimum absolute atomic E-state index is 0.0733. The standard InChI is InChI=1S/C25H32N4O4.C25H30N4O3.C23H26N6O.C22H24N6O/c1-17-13-20(28-10-7-19(8-11-28)26-9-12-31-2)16-29-24(30)15-21(27-25(17)29)18-5-6-22(32-3)23(14-18)33-4;1-4-17-12-20(28-11-10-27-9-5-6-19(27)15-28)16-29-24(30)14-21(26-25(17)29)18-7-8-22(31-2)23(13-18)32-3;1-4-27-9-7-17(8-10-27)18-5-6-22-25-19(12-23(30)28(22)14-18)20-11-21-16(3)24-15(2)13-29(21)26-20;1-14-12-28-20(15(2)23-14)10-19(25-28)18-11-22(29)27-13-17(4-5-21(27)24-18)16-6-8-26(3)9-7-16/h5-6,13-16,19,26H,7-12H2,1-4H3;7-8,12-14,16,19H,4-6,9-11,15H2,1-3H3;5-6,11-14,17H,4,7-10H2,1-3H3;4-5,10-13,16H,6-9H2,1-3H3/t;19-;;/m.1../s1. The fourth-order valence-electron chi connectivity index (χ4n) is 18.2. The lowest BCUT2D eigenvalue weighted by atomic mass is 9.90. The van der Waals surface area contributed by atoms with E-state index in [0.717, 1.165) is 191 Å². The number of anilines is 2. The fourth-order valence-corrected chi connectivity index (χ4v) is 18.2. The van der Waals surface area contributed by atoms with Gasteiger partial charge in [-0.15, -0.1) is 0 Å². The lowest BCUT2D eigenvalue weighted by Gasteiger charge is -2.39. The van der Waals surface area contributed by atoms with E-state index in [4.69, 9.17) is 43.6 Å². The Hall–Kier alpha value is -12.3. The Morgan fingerprint density at radius 1 is 0.435 bits per heavy atom. The molecule has 0 aliphatic carbocycles. The first-order valence-corrected chi connectivity index (χ1v) is 43.3. The second-order valence-corrected chi connectivity index (χ2v) is 33.2. The fraction of sp³-hybridized carbons (Fsp3) is 0.411. The molecule has 1 N–H and O–H groups in total. The van der Waals surface area contributed by atoms with Gasteiger partial charge in [0.25, 0.3) is 22.2 Å². The Kier molecular flexibility index (Phi) is 25.7. The molecule has 1 atom stereocenters. The number of methoxy groups -OCH3 is 5. The SMILES string of the molecule is CCN1CCC(c2ccc3nc(-c4cc5c(C)nc(C)cn5n4)cc(=O)n3c2)CC1.CCc1cc(N2CCN3CCC[C@@H]3C2)cn2c(=O)cc(-c3ccc(OC)c(OC)c3)nc12.COCCNC1CCN(c2cc(C)c3nc(-c4ccc(OC)c(OC)c4)cc(=O)n3c2)CC1.Cc1cn2nc(-c3cc(=O)n4cc(C5CCN(C)CC5)ccc4n3)cc2c(C)n1. The highest BCUT2D eigenvalue weighted by Crippen LogP contribution is 2.37. The van der Waals surface area contributed by atoms with Crippen molar-refractivity contribution in [2.75, 3.05) is 138 Å². The van der Waals surface area contributed by atoms with Crippen molar-refractivity contribution in [2.24, 2.45) is 0 Å². The van der Waals surface area contributed by atoms with Crippen molar-refractivity contribution in [3.05, 3.63) is 233 Å². The molecule has 14 aromatic rings. The lowest BCUT2D eigenvalue weighted by molar-refractivity contribution is 0.193. The van der Waals surface area contributed by atoms with E-state index in [0.29, 0.717) is 104 Å². The van der Waals surface area contributed by atoms with E-state index in [-0.39, 0.29) is 22.2 Å². The zero-order chi connectivity index (χ0) is 86.6. The van der Waals surface area contributed by atoms with Crippen LogP contribution in [0.2, 0.25) is 0 Å². The van der Waals surface area contributed by atoms with Gasteiger partial charge in [0.05, 0.1) is 115 Å². The number of aromatic nitrogens is 14. The second-order valence-electron chi connectivity index (χ2n) is 33.2. The number of benzene rings is 2. The smallest absolute Gasteiger partial charge is 0.258 e. The number of likely N-dealkylation sites (tertiary alicyclic amines) is 2. The Bertz CT molecular complexity index is 6510. The number of hydrogen-bond donors (Lipinski definition) is 1. The summed E-state index contributed by atoms with van der Waals surface area (Å²) in [6.45, 7) is 27.5. The third-order valence-electron chi connectivity index (χ3n) is 25.1. The molecule has 0 bridgehead atoms. The number of pyridine rings is 4. The van der Waals surface area contributed by atoms with Crippen LogP contribution < -0.4 is 56.3 Å². The monoisotopic (exact) mass is 1680 g/mol. The van der Waals surface area contributed by atoms with Crippen LogP contribution >= 0.6 is 0 Å². The van der Waals surface area contributed by atoms with E-state index in [9.17, 15) is 19.2 Å². The number of nitrogens with zero attached hydrogens (tertiary/aromatic N) is 19. The van der Waals surface area contributed by atoms with Crippen molar-refractivity contribution in [2.45, 2.75) is 130 Å². The minimum atomic E-state index is -0.106. The minimum Gasteiger partial charge on any atom is -0.493 e. The first-order valence-electron chi connectivity index (χ1n) is 43.3. The average molecular weight is 1680 g/mol. The third kappa shape index (κ3) is 18.4. The summed E-state index contributed by atoms with van der Waals surface area (Å²) in [5, 5.41) is 12.8. The van der Waals surface area contributed by atoms with E-state index >= 15 is 0 Å². The summed E-state index contributed by atoms with van der Waals surface area (Å²) in [7, 11) is 10.3. The second kappa shape index (κ2) is 37.4. The number of aryl methyl sites for hydroxylation is 6. The maximum Gasteiger partial charge on any atom is 0.258 e. The Morgan fingerprint density at radius 3 is 1.45 bits per heavy atom. The van der Waals surface area contributed by atoms with Crippen LogP contribution in [0.4, 0.5) is 11.4 Å². The van der Waals surface area contributed by atoms with Crippen LogP contribution in [0.1, 0.15) is 122 Å². The molecule has 0 saturated carbocycles. The third-order valence-corrected chi connectivity index (χ3v) is 25.1. The number of piperazine rings is 1. The van der Waals surface area contributed by atoms with Crippen LogP contribution in [-0.2, 0) is 11.2 Å². The summed E-state index contributed by atoms with van der Waals surface area (Å²) in [4.78, 5) is 92.3. The highest BCUT2D eigenvalue weighted by atomic mass is 16.5. The predicted molar refractivity (Wildman–Crippen MR) is 485 cm³/mol. The van der Waals surface area contributed by atoms with Crippen LogP contribution in [0.5, 0.6) is 23.0 Å². The van der Waals surface area contributed by atoms with Crippen molar-refractivity contribution in [1.29, 1.82) is 0 Å². The van der Waals surface area contributed by atoms with Gasteiger partial charge < -0.3 is 48.6 Å². The molecule has 124 heavy (non-hydrogen) atoms. The van der Waals surface area contributed by atoms with Gasteiger partial charge in [0.1, 0.15) is 34.0 Å². The van der Waals surface area contributed by atoms with E-state index in [2.05, 4.69) is 95.1 Å². The maximum absolute atomic E-state index is 13.2. The Labute approximate surface area is 720 Å². The van der Waals surface area contributed by atoms with Crippen LogP contribution in [0.15, 0.2) is 166 Å². The maximum atomic E-state index is 13.2. The molecule has 5 saturated heterocycles. The molecule has 5 aliphatic heterocycles. The molecule has 5 fully saturated rings. The molecule has 0 radical (unpaired) electrons. The Morgan fingerprint density at radius 2 is 0.935 bits per heavy atom. The van der Waals surface area contributed by atoms with Crippen molar-refractivity contribution in [3.63, 3.8) is 0 Å². The van der Waals surface area contributed by atoms with Crippen molar-refractivity contribution < 1.29 is 23.7 Å². The topological polar surface area (TPSA) is 272 Å². The molecule has 19 rings (SSSR count). The molecule has 0 spiro atoms. The van der Waals surface area contributed by atoms with Gasteiger partial charge in [-0.25, -0.2) is 29.0 Å². The first-order chi connectivity index (χ1) is 60.1. The quantitative estimate of drug-likeness (QED) is 0.0782. The van der Waals surface area contributed by atoms with Gasteiger partial charge in [-0.05, 0) is 246 Å². The average Bonchev–Trinajstić information content (AvgIpc) is 1.33. The van der Waals surface area contributed by atoms with Gasteiger partial charge >= 0.3 is 0 Å². The van der Waals surface area contributed by atoms with E-state index < -0.39 is 0 Å². The summed E-state index contributed by atoms with van der Waals surface area (Å²) in [5.74, 6) is 3.50. The van der Waals surface area contributed by atoms with Crippen LogP contribution in [-0.4, -0.2) is 221 Å². The molecule has 646 valence electrons. The van der Waals surface area contributed by atoms with E-state index in [1.54, 1.807) is 81.9 Å². The molecule has 29 nitrogen and oxygen atoms in total. The normalized spacial score (nSPS) is 16.3. The molecular formula is C95H112N20O9. The summed E-state index contributed by atoms with van der Waals surface area (Å²) in [6, 6.07) is 35.0. The van der Waals surface area contributed by atoms with E-state index in [1.165, 1.54) is 30.5 Å². The largest absolute Gasteiger partial charge is 0.493 e. The number of hydrogen-bond acceptors (Lipinski definition) is 23. The van der Waals surface area contributed by atoms with E-state index in [1.807, 2.05) is 137 Å².